The SMILES string of the molecule is C#C[C@H]1CC[C@@H](C#N)N1C(=O)CNC1CCC(Oc2ccc(Cl)cn2)CC1. The van der Waals surface area contributed by atoms with Gasteiger partial charge in [0.25, 0.3) is 0 Å². The maximum atomic E-state index is 12.5. The monoisotopic (exact) mass is 386 g/mol. The number of carbonyl (C=O) groups excluding carboxylic acids is 1. The van der Waals surface area contributed by atoms with Gasteiger partial charge in [-0.25, -0.2) is 4.98 Å². The second-order valence-corrected chi connectivity index (χ2v) is 7.43. The Morgan fingerprint density at radius 3 is 2.67 bits per heavy atom. The van der Waals surface area contributed by atoms with Gasteiger partial charge in [-0.1, -0.05) is 17.5 Å². The smallest absolute Gasteiger partial charge is 0.238 e. The van der Waals surface area contributed by atoms with E-state index in [0.717, 1.165) is 25.7 Å². The molecule has 7 heteroatoms. The fraction of sp³-hybridized carbons (Fsp3) is 0.550. The van der Waals surface area contributed by atoms with E-state index in [2.05, 4.69) is 22.3 Å². The summed E-state index contributed by atoms with van der Waals surface area (Å²) in [5.41, 5.74) is 0. The number of carbonyl (C=O) groups is 1. The fourth-order valence-corrected chi connectivity index (χ4v) is 3.87. The van der Waals surface area contributed by atoms with Crippen LogP contribution in [0.2, 0.25) is 5.02 Å². The van der Waals surface area contributed by atoms with Crippen molar-refractivity contribution >= 4 is 17.5 Å². The van der Waals surface area contributed by atoms with Crippen molar-refractivity contribution in [3.05, 3.63) is 23.4 Å². The number of aromatic nitrogens is 1. The van der Waals surface area contributed by atoms with Gasteiger partial charge >= 0.3 is 0 Å². The molecule has 0 aromatic carbocycles. The number of nitrogens with zero attached hydrogens (tertiary/aromatic N) is 3. The number of nitriles is 1. The molecule has 1 aliphatic heterocycles. The van der Waals surface area contributed by atoms with Gasteiger partial charge in [-0.2, -0.15) is 5.26 Å². The van der Waals surface area contributed by atoms with E-state index in [1.165, 1.54) is 0 Å². The summed E-state index contributed by atoms with van der Waals surface area (Å²) in [5, 5.41) is 13.1. The largest absolute Gasteiger partial charge is 0.474 e. The predicted molar refractivity (Wildman–Crippen MR) is 102 cm³/mol. The average Bonchev–Trinajstić information content (AvgIpc) is 3.12. The van der Waals surface area contributed by atoms with Crippen LogP contribution in [0.15, 0.2) is 18.3 Å². The van der Waals surface area contributed by atoms with E-state index in [4.69, 9.17) is 22.8 Å². The lowest BCUT2D eigenvalue weighted by Crippen LogP contribution is -2.47. The second kappa shape index (κ2) is 9.08. The summed E-state index contributed by atoms with van der Waals surface area (Å²) in [7, 11) is 0. The van der Waals surface area contributed by atoms with Crippen LogP contribution in [-0.2, 0) is 4.79 Å². The van der Waals surface area contributed by atoms with Crippen molar-refractivity contribution in [1.82, 2.24) is 15.2 Å². The number of pyridine rings is 1. The molecule has 1 aromatic heterocycles. The molecule has 6 nitrogen and oxygen atoms in total. The zero-order chi connectivity index (χ0) is 19.2. The van der Waals surface area contributed by atoms with E-state index in [1.807, 2.05) is 0 Å². The van der Waals surface area contributed by atoms with E-state index < -0.39 is 6.04 Å². The number of hydrogen-bond donors (Lipinski definition) is 1. The van der Waals surface area contributed by atoms with Crippen LogP contribution in [0.5, 0.6) is 5.88 Å². The van der Waals surface area contributed by atoms with Crippen LogP contribution in [-0.4, -0.2) is 46.6 Å². The van der Waals surface area contributed by atoms with Gasteiger partial charge in [-0.3, -0.25) is 4.79 Å². The zero-order valence-electron chi connectivity index (χ0n) is 15.1. The van der Waals surface area contributed by atoms with Crippen molar-refractivity contribution in [2.45, 2.75) is 62.8 Å². The van der Waals surface area contributed by atoms with Crippen molar-refractivity contribution in [3.8, 4) is 24.3 Å². The highest BCUT2D eigenvalue weighted by molar-refractivity contribution is 6.30. The summed E-state index contributed by atoms with van der Waals surface area (Å²) >= 11 is 5.83. The minimum atomic E-state index is -0.406. The molecule has 1 saturated carbocycles. The van der Waals surface area contributed by atoms with E-state index in [0.29, 0.717) is 23.7 Å². The van der Waals surface area contributed by atoms with Crippen LogP contribution in [0.3, 0.4) is 0 Å². The summed E-state index contributed by atoms with van der Waals surface area (Å²) < 4.78 is 5.89. The highest BCUT2D eigenvalue weighted by Crippen LogP contribution is 2.25. The Hall–Kier alpha value is -2.28. The highest BCUT2D eigenvalue weighted by Gasteiger charge is 2.36. The Labute approximate surface area is 164 Å². The van der Waals surface area contributed by atoms with Gasteiger partial charge in [0.05, 0.1) is 23.7 Å². The molecule has 27 heavy (non-hydrogen) atoms. The van der Waals surface area contributed by atoms with Crippen LogP contribution in [0.1, 0.15) is 38.5 Å². The Morgan fingerprint density at radius 1 is 1.30 bits per heavy atom. The third kappa shape index (κ3) is 4.91. The van der Waals surface area contributed by atoms with Gasteiger partial charge in [0, 0.05) is 18.3 Å². The summed E-state index contributed by atoms with van der Waals surface area (Å²) in [5.74, 6) is 3.12. The summed E-state index contributed by atoms with van der Waals surface area (Å²) in [6.07, 6.45) is 12.2. The molecule has 2 aliphatic rings. The molecule has 1 amide bonds. The van der Waals surface area contributed by atoms with Crippen molar-refractivity contribution < 1.29 is 9.53 Å². The normalized spacial score (nSPS) is 27.6. The molecule has 0 unspecified atom stereocenters. The lowest BCUT2D eigenvalue weighted by Gasteiger charge is -2.30. The predicted octanol–water partition coefficient (Wildman–Crippen LogP) is 2.53. The summed E-state index contributed by atoms with van der Waals surface area (Å²) in [6.45, 7) is 0.214. The average molecular weight is 387 g/mol. The van der Waals surface area contributed by atoms with Gasteiger partial charge < -0.3 is 15.0 Å². The van der Waals surface area contributed by atoms with Crippen LogP contribution in [0, 0.1) is 23.7 Å². The van der Waals surface area contributed by atoms with Crippen molar-refractivity contribution in [2.75, 3.05) is 6.54 Å². The van der Waals surface area contributed by atoms with Crippen molar-refractivity contribution in [2.24, 2.45) is 0 Å². The first-order chi connectivity index (χ1) is 13.1. The van der Waals surface area contributed by atoms with E-state index in [9.17, 15) is 10.1 Å². The zero-order valence-corrected chi connectivity index (χ0v) is 15.9. The molecule has 1 N–H and O–H groups in total. The molecule has 1 saturated heterocycles. The van der Waals surface area contributed by atoms with Gasteiger partial charge in [-0.05, 0) is 44.6 Å². The number of hydrogen-bond acceptors (Lipinski definition) is 5. The van der Waals surface area contributed by atoms with E-state index in [1.54, 1.807) is 23.2 Å². The molecule has 3 rings (SSSR count). The topological polar surface area (TPSA) is 78.2 Å². The number of halogens is 1. The number of likely N-dealkylation sites (tertiary alicyclic amines) is 1. The second-order valence-electron chi connectivity index (χ2n) is 6.99. The summed E-state index contributed by atoms with van der Waals surface area (Å²) in [4.78, 5) is 18.3. The maximum absolute atomic E-state index is 12.5. The minimum absolute atomic E-state index is 0.0919. The molecule has 2 heterocycles. The van der Waals surface area contributed by atoms with E-state index in [-0.39, 0.29) is 30.6 Å². The van der Waals surface area contributed by atoms with Crippen LogP contribution < -0.4 is 10.1 Å². The van der Waals surface area contributed by atoms with Gasteiger partial charge in [-0.15, -0.1) is 6.42 Å². The number of terminal acetylenes is 1. The Balaban J connectivity index is 1.43. The quantitative estimate of drug-likeness (QED) is 0.787. The molecule has 2 atom stereocenters. The number of rotatable bonds is 5. The van der Waals surface area contributed by atoms with Crippen LogP contribution >= 0.6 is 11.6 Å². The van der Waals surface area contributed by atoms with Gasteiger partial charge in [0.1, 0.15) is 12.1 Å². The molecule has 0 bridgehead atoms. The Morgan fingerprint density at radius 2 is 2.04 bits per heavy atom. The van der Waals surface area contributed by atoms with Gasteiger partial charge in [0.15, 0.2) is 0 Å². The molecule has 1 aromatic rings. The molecular formula is C20H23ClN4O2. The van der Waals surface area contributed by atoms with Gasteiger partial charge in [0.2, 0.25) is 11.8 Å². The standard InChI is InChI=1S/C20H23ClN4O2/c1-2-16-6-7-17(11-22)25(16)20(26)13-23-15-4-8-18(9-5-15)27-19-10-3-14(21)12-24-19/h1,3,10,12,15-18,23H,4-9,13H2/t15?,16-,17-,18?/m0/s1. The lowest BCUT2D eigenvalue weighted by molar-refractivity contribution is -0.131. The number of nitrogens with one attached hydrogen (secondary N) is 1. The maximum Gasteiger partial charge on any atom is 0.238 e. The number of amides is 1. The fourth-order valence-electron chi connectivity index (χ4n) is 3.76. The molecular weight excluding hydrogens is 364 g/mol. The third-order valence-electron chi connectivity index (χ3n) is 5.22. The Bertz CT molecular complexity index is 710. The minimum Gasteiger partial charge on any atom is -0.474 e. The number of ether oxygens (including phenoxy) is 1. The first-order valence-electron chi connectivity index (χ1n) is 9.29. The van der Waals surface area contributed by atoms with Crippen molar-refractivity contribution in [3.63, 3.8) is 0 Å². The molecule has 1 aliphatic carbocycles. The first kappa shape index (κ1) is 19.5. The molecule has 0 radical (unpaired) electrons. The molecule has 0 spiro atoms. The van der Waals surface area contributed by atoms with Crippen LogP contribution in [0.25, 0.3) is 0 Å². The lowest BCUT2D eigenvalue weighted by atomic mass is 9.93. The van der Waals surface area contributed by atoms with Crippen molar-refractivity contribution in [1.29, 1.82) is 5.26 Å². The van der Waals surface area contributed by atoms with Crippen LogP contribution in [0.4, 0.5) is 0 Å². The van der Waals surface area contributed by atoms with E-state index >= 15 is 0 Å². The molecule has 2 fully saturated rings. The summed E-state index contributed by atoms with van der Waals surface area (Å²) in [6, 6.07) is 5.31. The Kier molecular flexibility index (Phi) is 6.55. The third-order valence-corrected chi connectivity index (χ3v) is 5.44. The first-order valence-corrected chi connectivity index (χ1v) is 9.67. The highest BCUT2D eigenvalue weighted by atomic mass is 35.5. The molecule has 142 valence electrons.